The molecule has 0 radical (unpaired) electrons. The van der Waals surface area contributed by atoms with E-state index in [9.17, 15) is 9.18 Å². The van der Waals surface area contributed by atoms with Crippen LogP contribution < -0.4 is 10.5 Å². The van der Waals surface area contributed by atoms with Gasteiger partial charge in [-0.1, -0.05) is 18.2 Å². The molecule has 0 bridgehead atoms. The Labute approximate surface area is 208 Å². The van der Waals surface area contributed by atoms with Gasteiger partial charge in [0.05, 0.1) is 11.4 Å². The van der Waals surface area contributed by atoms with Crippen LogP contribution in [-0.4, -0.2) is 44.2 Å². The zero-order valence-corrected chi connectivity index (χ0v) is 20.4. The van der Waals surface area contributed by atoms with Crippen LogP contribution in [0.15, 0.2) is 61.1 Å². The number of carbonyl (C=O) groups excluding carboxylic acids is 1. The van der Waals surface area contributed by atoms with Crippen LogP contribution in [-0.2, 0) is 4.74 Å². The number of amides is 1. The van der Waals surface area contributed by atoms with Crippen LogP contribution in [0.2, 0.25) is 0 Å². The topological polar surface area (TPSA) is 95.5 Å². The first-order valence-electron chi connectivity index (χ1n) is 11.8. The van der Waals surface area contributed by atoms with Crippen molar-refractivity contribution in [1.29, 1.82) is 0 Å². The third-order valence-corrected chi connectivity index (χ3v) is 6.04. The highest BCUT2D eigenvalue weighted by atomic mass is 19.1. The zero-order valence-electron chi connectivity index (χ0n) is 20.4. The summed E-state index contributed by atoms with van der Waals surface area (Å²) in [5.74, 6) is 1.04. The quantitative estimate of drug-likeness (QED) is 0.390. The van der Waals surface area contributed by atoms with Gasteiger partial charge in [0.15, 0.2) is 0 Å². The molecule has 0 spiro atoms. The molecule has 36 heavy (non-hydrogen) atoms. The van der Waals surface area contributed by atoms with Gasteiger partial charge in [-0.05, 0) is 57.0 Å². The highest BCUT2D eigenvalue weighted by Crippen LogP contribution is 2.37. The predicted octanol–water partition coefficient (Wildman–Crippen LogP) is 5.79. The molecule has 5 rings (SSSR count). The van der Waals surface area contributed by atoms with Crippen molar-refractivity contribution in [3.05, 3.63) is 66.9 Å². The van der Waals surface area contributed by atoms with Crippen LogP contribution in [0, 0.1) is 5.82 Å². The maximum atomic E-state index is 13.5. The van der Waals surface area contributed by atoms with Crippen molar-refractivity contribution < 1.29 is 18.7 Å². The van der Waals surface area contributed by atoms with E-state index in [1.165, 1.54) is 18.5 Å². The van der Waals surface area contributed by atoms with Gasteiger partial charge >= 0.3 is 6.09 Å². The van der Waals surface area contributed by atoms with Gasteiger partial charge in [-0.2, -0.15) is 0 Å². The monoisotopic (exact) mass is 489 g/mol. The van der Waals surface area contributed by atoms with Gasteiger partial charge in [0.25, 0.3) is 0 Å². The fraction of sp³-hybridized carbons (Fsp3) is 0.296. The number of halogens is 1. The number of nitrogens with two attached hydrogens (primary N) is 1. The van der Waals surface area contributed by atoms with Crippen LogP contribution in [0.4, 0.5) is 15.0 Å². The molecule has 4 aromatic rings. The fourth-order valence-corrected chi connectivity index (χ4v) is 4.44. The molecule has 2 aromatic heterocycles. The maximum Gasteiger partial charge on any atom is 0.410 e. The molecule has 8 nitrogen and oxygen atoms in total. The molecule has 0 aliphatic carbocycles. The van der Waals surface area contributed by atoms with Crippen molar-refractivity contribution in [3.8, 4) is 22.6 Å². The number of nitrogens with zero attached hydrogens (tertiary/aromatic N) is 4. The molecule has 0 saturated carbocycles. The average Bonchev–Trinajstić information content (AvgIpc) is 3.45. The summed E-state index contributed by atoms with van der Waals surface area (Å²) in [6.45, 7) is 6.69. The maximum absolute atomic E-state index is 13.5. The number of fused-ring (bicyclic) bond motifs is 1. The lowest BCUT2D eigenvalue weighted by molar-refractivity contribution is 0.0289. The molecule has 3 heterocycles. The van der Waals surface area contributed by atoms with E-state index in [2.05, 4.69) is 14.5 Å². The Bertz CT molecular complexity index is 1410. The molecular weight excluding hydrogens is 461 g/mol. The van der Waals surface area contributed by atoms with Crippen molar-refractivity contribution in [1.82, 2.24) is 19.4 Å². The number of aromatic nitrogens is 3. The average molecular weight is 490 g/mol. The Kier molecular flexibility index (Phi) is 5.99. The number of hydrogen-bond acceptors (Lipinski definition) is 6. The normalized spacial score (nSPS) is 15.9. The molecule has 2 aromatic carbocycles. The van der Waals surface area contributed by atoms with Gasteiger partial charge in [-0.15, -0.1) is 0 Å². The Morgan fingerprint density at radius 2 is 1.89 bits per heavy atom. The summed E-state index contributed by atoms with van der Waals surface area (Å²) in [4.78, 5) is 23.0. The van der Waals surface area contributed by atoms with Crippen LogP contribution in [0.3, 0.4) is 0 Å². The number of hydrogen-bond donors (Lipinski definition) is 1. The largest absolute Gasteiger partial charge is 0.457 e. The first kappa shape index (κ1) is 23.6. The Balaban J connectivity index is 1.43. The van der Waals surface area contributed by atoms with E-state index in [0.717, 1.165) is 22.9 Å². The lowest BCUT2D eigenvalue weighted by Crippen LogP contribution is -2.35. The van der Waals surface area contributed by atoms with Gasteiger partial charge < -0.3 is 24.7 Å². The zero-order chi connectivity index (χ0) is 25.4. The molecule has 1 atom stereocenters. The van der Waals surface area contributed by atoms with Crippen LogP contribution in [0.1, 0.15) is 33.2 Å². The number of carbonyl (C=O) groups is 1. The van der Waals surface area contributed by atoms with Crippen LogP contribution >= 0.6 is 0 Å². The third-order valence-electron chi connectivity index (χ3n) is 6.04. The van der Waals surface area contributed by atoms with E-state index in [0.29, 0.717) is 36.1 Å². The van der Waals surface area contributed by atoms with E-state index >= 15 is 0 Å². The summed E-state index contributed by atoms with van der Waals surface area (Å²) >= 11 is 0. The molecule has 9 heteroatoms. The minimum Gasteiger partial charge on any atom is -0.457 e. The van der Waals surface area contributed by atoms with Crippen molar-refractivity contribution in [2.24, 2.45) is 0 Å². The summed E-state index contributed by atoms with van der Waals surface area (Å²) in [7, 11) is 0. The highest BCUT2D eigenvalue weighted by molar-refractivity contribution is 6.00. The number of benzene rings is 2. The lowest BCUT2D eigenvalue weighted by atomic mass is 10.1. The van der Waals surface area contributed by atoms with Gasteiger partial charge in [-0.3, -0.25) is 0 Å². The predicted molar refractivity (Wildman–Crippen MR) is 135 cm³/mol. The summed E-state index contributed by atoms with van der Waals surface area (Å²) < 4.78 is 26.9. The van der Waals surface area contributed by atoms with E-state index in [4.69, 9.17) is 15.2 Å². The molecular formula is C27H28FN5O3. The van der Waals surface area contributed by atoms with Crippen LogP contribution in [0.25, 0.3) is 22.2 Å². The van der Waals surface area contributed by atoms with Crippen molar-refractivity contribution >= 4 is 22.9 Å². The fourth-order valence-electron chi connectivity index (χ4n) is 4.44. The minimum atomic E-state index is -0.547. The molecule has 186 valence electrons. The number of nitrogen functional groups attached to an aromatic ring is 1. The SMILES string of the molecule is CC(C)(C)OC(=O)N1CCC(n2cc(-c3ccc(Oc4cccc(F)c4)cc3)c3c(N)ncnc32)C1. The number of anilines is 1. The lowest BCUT2D eigenvalue weighted by Gasteiger charge is -2.24. The highest BCUT2D eigenvalue weighted by Gasteiger charge is 2.32. The second-order valence-corrected chi connectivity index (χ2v) is 9.86. The third kappa shape index (κ3) is 4.82. The number of ether oxygens (including phenoxy) is 2. The second-order valence-electron chi connectivity index (χ2n) is 9.86. The molecule has 1 unspecified atom stereocenters. The Morgan fingerprint density at radius 3 is 2.61 bits per heavy atom. The summed E-state index contributed by atoms with van der Waals surface area (Å²) in [6.07, 6.45) is 3.92. The molecule has 1 fully saturated rings. The van der Waals surface area contributed by atoms with Gasteiger partial charge in [0, 0.05) is 30.9 Å². The minimum absolute atomic E-state index is 0.0265. The molecule has 1 aliphatic rings. The van der Waals surface area contributed by atoms with Crippen molar-refractivity contribution in [3.63, 3.8) is 0 Å². The molecule has 1 saturated heterocycles. The van der Waals surface area contributed by atoms with E-state index in [1.54, 1.807) is 17.0 Å². The molecule has 1 aliphatic heterocycles. The van der Waals surface area contributed by atoms with E-state index in [-0.39, 0.29) is 18.0 Å². The number of rotatable bonds is 4. The van der Waals surface area contributed by atoms with Gasteiger partial charge in [0.1, 0.15) is 40.7 Å². The Morgan fingerprint density at radius 1 is 1.11 bits per heavy atom. The number of likely N-dealkylation sites (tertiary alicyclic amines) is 1. The van der Waals surface area contributed by atoms with Crippen molar-refractivity contribution in [2.45, 2.75) is 38.8 Å². The first-order chi connectivity index (χ1) is 17.2. The van der Waals surface area contributed by atoms with Crippen LogP contribution in [0.5, 0.6) is 11.5 Å². The van der Waals surface area contributed by atoms with Gasteiger partial charge in [-0.25, -0.2) is 19.2 Å². The second kappa shape index (κ2) is 9.14. The van der Waals surface area contributed by atoms with Gasteiger partial charge in [0.2, 0.25) is 0 Å². The summed E-state index contributed by atoms with van der Waals surface area (Å²) in [6, 6.07) is 13.5. The molecule has 2 N–H and O–H groups in total. The molecule has 1 amide bonds. The van der Waals surface area contributed by atoms with E-state index in [1.807, 2.05) is 51.2 Å². The van der Waals surface area contributed by atoms with E-state index < -0.39 is 5.60 Å². The van der Waals surface area contributed by atoms with Crippen molar-refractivity contribution in [2.75, 3.05) is 18.8 Å². The summed E-state index contributed by atoms with van der Waals surface area (Å²) in [5, 5.41) is 0.756. The Hall–Kier alpha value is -4.14. The summed E-state index contributed by atoms with van der Waals surface area (Å²) in [5.41, 5.74) is 8.25. The first-order valence-corrected chi connectivity index (χ1v) is 11.8. The standard InChI is InChI=1S/C27H28FN5O3/c1-27(2,3)36-26(34)32-12-11-19(14-32)33-15-22(23-24(29)30-16-31-25(23)33)17-7-9-20(10-8-17)35-21-6-4-5-18(28)13-21/h4-10,13,15-16,19H,11-12,14H2,1-3H3,(H2,29,30,31). The smallest absolute Gasteiger partial charge is 0.410 e.